The van der Waals surface area contributed by atoms with E-state index in [0.717, 1.165) is 25.7 Å². The van der Waals surface area contributed by atoms with Crippen LogP contribution >= 0.6 is 0 Å². The van der Waals surface area contributed by atoms with Crippen LogP contribution in [-0.2, 0) is 19.1 Å². The van der Waals surface area contributed by atoms with Crippen molar-refractivity contribution in [1.29, 1.82) is 0 Å². The molecule has 0 aliphatic heterocycles. The number of carboxylic acids is 1. The number of carboxylic acid groups (broad SMARTS) is 1. The Bertz CT molecular complexity index is 360. The van der Waals surface area contributed by atoms with Crippen LogP contribution in [0.5, 0.6) is 0 Å². The minimum absolute atomic E-state index is 0.0234. The van der Waals surface area contributed by atoms with Crippen molar-refractivity contribution >= 4 is 17.8 Å². The van der Waals surface area contributed by atoms with Crippen LogP contribution in [0, 0.1) is 5.41 Å². The van der Waals surface area contributed by atoms with E-state index in [4.69, 9.17) is 5.11 Å². The van der Waals surface area contributed by atoms with Crippen molar-refractivity contribution in [3.05, 3.63) is 0 Å². The molecule has 19 heavy (non-hydrogen) atoms. The highest BCUT2D eigenvalue weighted by atomic mass is 16.5. The first-order valence-corrected chi connectivity index (χ1v) is 6.49. The number of rotatable bonds is 6. The molecule has 1 amide bonds. The number of aliphatic carboxylic acids is 1. The molecule has 0 spiro atoms. The number of hydrogen-bond donors (Lipinski definition) is 2. The summed E-state index contributed by atoms with van der Waals surface area (Å²) < 4.78 is 4.46. The zero-order valence-corrected chi connectivity index (χ0v) is 11.4. The van der Waals surface area contributed by atoms with Gasteiger partial charge in [-0.25, -0.2) is 4.79 Å². The van der Waals surface area contributed by atoms with Crippen LogP contribution in [0.1, 0.15) is 45.4 Å². The molecule has 1 fully saturated rings. The van der Waals surface area contributed by atoms with E-state index in [1.54, 1.807) is 0 Å². The number of ether oxygens (including phenoxy) is 1. The first-order valence-electron chi connectivity index (χ1n) is 6.49. The Labute approximate surface area is 112 Å². The van der Waals surface area contributed by atoms with E-state index in [0.29, 0.717) is 0 Å². The van der Waals surface area contributed by atoms with E-state index in [1.807, 2.05) is 6.92 Å². The maximum absolute atomic E-state index is 12.1. The normalized spacial score (nSPS) is 18.6. The van der Waals surface area contributed by atoms with Crippen LogP contribution in [-0.4, -0.2) is 36.1 Å². The average Bonchev–Trinajstić information content (AvgIpc) is 2.81. The number of carbonyl (C=O) groups is 3. The molecule has 0 saturated heterocycles. The quantitative estimate of drug-likeness (QED) is 0.705. The van der Waals surface area contributed by atoms with Crippen molar-refractivity contribution in [2.45, 2.75) is 51.5 Å². The second kappa shape index (κ2) is 6.54. The molecule has 2 N–H and O–H groups in total. The van der Waals surface area contributed by atoms with Crippen LogP contribution in [0.2, 0.25) is 0 Å². The van der Waals surface area contributed by atoms with E-state index >= 15 is 0 Å². The first-order chi connectivity index (χ1) is 8.89. The van der Waals surface area contributed by atoms with Crippen molar-refractivity contribution in [3.8, 4) is 0 Å². The highest BCUT2D eigenvalue weighted by Gasteiger charge is 2.38. The standard InChI is InChI=1S/C13H21NO5/c1-13(7-3-4-8-13)12(18)14-9(11(16)17)5-6-10(15)19-2/h9H,3-8H2,1-2H3,(H,14,18)(H,16,17)/t9-/m1/s1. The highest BCUT2D eigenvalue weighted by molar-refractivity contribution is 5.87. The third-order valence-corrected chi connectivity index (χ3v) is 3.72. The lowest BCUT2D eigenvalue weighted by molar-refractivity contribution is -0.145. The van der Waals surface area contributed by atoms with Gasteiger partial charge in [-0.2, -0.15) is 0 Å². The summed E-state index contributed by atoms with van der Waals surface area (Å²) in [5, 5.41) is 11.6. The average molecular weight is 271 g/mol. The smallest absolute Gasteiger partial charge is 0.326 e. The van der Waals surface area contributed by atoms with E-state index in [-0.39, 0.29) is 18.7 Å². The first kappa shape index (κ1) is 15.5. The van der Waals surface area contributed by atoms with Gasteiger partial charge in [0.1, 0.15) is 6.04 Å². The van der Waals surface area contributed by atoms with Gasteiger partial charge in [0.2, 0.25) is 5.91 Å². The van der Waals surface area contributed by atoms with Crippen LogP contribution < -0.4 is 5.32 Å². The van der Waals surface area contributed by atoms with E-state index in [9.17, 15) is 14.4 Å². The molecular weight excluding hydrogens is 250 g/mol. The molecule has 0 bridgehead atoms. The molecule has 0 unspecified atom stereocenters. The van der Waals surface area contributed by atoms with Gasteiger partial charge in [0.15, 0.2) is 0 Å². The molecule has 108 valence electrons. The molecule has 1 aliphatic carbocycles. The molecule has 0 aromatic rings. The molecule has 0 heterocycles. The van der Waals surface area contributed by atoms with Gasteiger partial charge in [-0.1, -0.05) is 19.8 Å². The number of amides is 1. The van der Waals surface area contributed by atoms with Gasteiger partial charge in [-0.05, 0) is 19.3 Å². The number of nitrogens with one attached hydrogen (secondary N) is 1. The Morgan fingerprint density at radius 1 is 1.32 bits per heavy atom. The maximum Gasteiger partial charge on any atom is 0.326 e. The Morgan fingerprint density at radius 3 is 2.37 bits per heavy atom. The molecule has 1 saturated carbocycles. The number of methoxy groups -OCH3 is 1. The summed E-state index contributed by atoms with van der Waals surface area (Å²) in [4.78, 5) is 34.2. The lowest BCUT2D eigenvalue weighted by Gasteiger charge is -2.25. The monoisotopic (exact) mass is 271 g/mol. The predicted octanol–water partition coefficient (Wildman–Crippen LogP) is 1.09. The highest BCUT2D eigenvalue weighted by Crippen LogP contribution is 2.37. The van der Waals surface area contributed by atoms with Crippen LogP contribution in [0.15, 0.2) is 0 Å². The zero-order chi connectivity index (χ0) is 14.5. The van der Waals surface area contributed by atoms with Gasteiger partial charge in [-0.3, -0.25) is 9.59 Å². The minimum atomic E-state index is -1.13. The summed E-state index contributed by atoms with van der Waals surface area (Å²) in [5.74, 6) is -1.84. The molecule has 6 heteroatoms. The topological polar surface area (TPSA) is 92.7 Å². The summed E-state index contributed by atoms with van der Waals surface area (Å²) in [6.45, 7) is 1.86. The fraction of sp³-hybridized carbons (Fsp3) is 0.769. The number of carbonyl (C=O) groups excluding carboxylic acids is 2. The van der Waals surface area contributed by atoms with Gasteiger partial charge >= 0.3 is 11.9 Å². The van der Waals surface area contributed by atoms with Crippen LogP contribution in [0.25, 0.3) is 0 Å². The van der Waals surface area contributed by atoms with Gasteiger partial charge in [0.05, 0.1) is 7.11 Å². The lowest BCUT2D eigenvalue weighted by atomic mass is 9.87. The summed E-state index contributed by atoms with van der Waals surface area (Å²) in [6, 6.07) is -1.04. The van der Waals surface area contributed by atoms with Crippen molar-refractivity contribution in [2.24, 2.45) is 5.41 Å². The lowest BCUT2D eigenvalue weighted by Crippen LogP contribution is -2.46. The molecule has 6 nitrogen and oxygen atoms in total. The number of esters is 1. The van der Waals surface area contributed by atoms with Crippen molar-refractivity contribution in [1.82, 2.24) is 5.32 Å². The molecular formula is C13H21NO5. The summed E-state index contributed by atoms with van der Waals surface area (Å²) in [5.41, 5.74) is -0.473. The van der Waals surface area contributed by atoms with Gasteiger partial charge < -0.3 is 15.2 Å². The van der Waals surface area contributed by atoms with Gasteiger partial charge in [-0.15, -0.1) is 0 Å². The Kier molecular flexibility index (Phi) is 5.32. The summed E-state index contributed by atoms with van der Waals surface area (Å²) in [6.07, 6.45) is 3.56. The molecule has 0 aromatic carbocycles. The Hall–Kier alpha value is -1.59. The summed E-state index contributed by atoms with van der Waals surface area (Å²) in [7, 11) is 1.25. The fourth-order valence-electron chi connectivity index (χ4n) is 2.34. The second-order valence-electron chi connectivity index (χ2n) is 5.25. The third kappa shape index (κ3) is 4.22. The molecule has 1 aliphatic rings. The summed E-state index contributed by atoms with van der Waals surface area (Å²) >= 11 is 0. The van der Waals surface area contributed by atoms with Gasteiger partial charge in [0, 0.05) is 11.8 Å². The minimum Gasteiger partial charge on any atom is -0.480 e. The van der Waals surface area contributed by atoms with Crippen LogP contribution in [0.3, 0.4) is 0 Å². The van der Waals surface area contributed by atoms with Crippen molar-refractivity contribution in [2.75, 3.05) is 7.11 Å². The maximum atomic E-state index is 12.1. The Balaban J connectivity index is 2.55. The SMILES string of the molecule is COC(=O)CC[C@@H](NC(=O)C1(C)CCCC1)C(=O)O. The van der Waals surface area contributed by atoms with Crippen molar-refractivity contribution < 1.29 is 24.2 Å². The van der Waals surface area contributed by atoms with Gasteiger partial charge in [0.25, 0.3) is 0 Å². The Morgan fingerprint density at radius 2 is 1.89 bits per heavy atom. The predicted molar refractivity (Wildman–Crippen MR) is 67.4 cm³/mol. The number of hydrogen-bond acceptors (Lipinski definition) is 4. The zero-order valence-electron chi connectivity index (χ0n) is 11.4. The van der Waals surface area contributed by atoms with E-state index in [2.05, 4.69) is 10.1 Å². The fourth-order valence-corrected chi connectivity index (χ4v) is 2.34. The third-order valence-electron chi connectivity index (χ3n) is 3.72. The molecule has 0 aromatic heterocycles. The molecule has 1 atom stereocenters. The molecule has 1 rings (SSSR count). The van der Waals surface area contributed by atoms with E-state index in [1.165, 1.54) is 7.11 Å². The largest absolute Gasteiger partial charge is 0.480 e. The van der Waals surface area contributed by atoms with Crippen LogP contribution in [0.4, 0.5) is 0 Å². The van der Waals surface area contributed by atoms with Crippen molar-refractivity contribution in [3.63, 3.8) is 0 Å². The van der Waals surface area contributed by atoms with E-state index < -0.39 is 23.4 Å². The molecule has 0 radical (unpaired) electrons. The second-order valence-corrected chi connectivity index (χ2v) is 5.25.